The number of aryl methyl sites for hydroxylation is 2. The summed E-state index contributed by atoms with van der Waals surface area (Å²) >= 11 is 0. The third-order valence-electron chi connectivity index (χ3n) is 6.18. The van der Waals surface area contributed by atoms with E-state index in [0.717, 1.165) is 55.4 Å². The molecule has 138 valence electrons. The molecule has 1 aromatic heterocycles. The second-order valence-corrected chi connectivity index (χ2v) is 7.97. The smallest absolute Gasteiger partial charge is 0.336 e. The monoisotopic (exact) mass is 355 g/mol. The fourth-order valence-electron chi connectivity index (χ4n) is 4.58. The average molecular weight is 355 g/mol. The van der Waals surface area contributed by atoms with Crippen molar-refractivity contribution in [2.24, 2.45) is 11.3 Å². The van der Waals surface area contributed by atoms with Gasteiger partial charge < -0.3 is 9.15 Å². The Morgan fingerprint density at radius 3 is 2.69 bits per heavy atom. The van der Waals surface area contributed by atoms with Crippen LogP contribution in [0.5, 0.6) is 0 Å². The van der Waals surface area contributed by atoms with Crippen LogP contribution >= 0.6 is 0 Å². The highest BCUT2D eigenvalue weighted by Crippen LogP contribution is 2.59. The van der Waals surface area contributed by atoms with Gasteiger partial charge in [0.05, 0.1) is 13.0 Å². The lowest BCUT2D eigenvalue weighted by atomic mass is 9.90. The predicted octanol–water partition coefficient (Wildman–Crippen LogP) is 3.18. The van der Waals surface area contributed by atoms with Crippen molar-refractivity contribution >= 4 is 16.9 Å². The molecule has 1 atom stereocenters. The minimum Gasteiger partial charge on any atom is -0.469 e. The van der Waals surface area contributed by atoms with Gasteiger partial charge in [0, 0.05) is 18.0 Å². The number of hydrogen-bond acceptors (Lipinski definition) is 5. The fraction of sp³-hybridized carbons (Fsp3) is 0.524. The van der Waals surface area contributed by atoms with E-state index in [2.05, 4.69) is 17.9 Å². The molecular weight excluding hydrogens is 330 g/mol. The van der Waals surface area contributed by atoms with E-state index in [4.69, 9.17) is 9.15 Å². The summed E-state index contributed by atoms with van der Waals surface area (Å²) in [4.78, 5) is 26.2. The van der Waals surface area contributed by atoms with E-state index in [9.17, 15) is 9.59 Å². The van der Waals surface area contributed by atoms with Crippen molar-refractivity contribution in [2.75, 3.05) is 20.2 Å². The fourth-order valence-corrected chi connectivity index (χ4v) is 4.58. The zero-order chi connectivity index (χ0) is 18.5. The number of esters is 1. The highest BCUT2D eigenvalue weighted by molar-refractivity contribution is 5.83. The normalized spacial score (nSPS) is 21.9. The molecule has 1 aliphatic heterocycles. The van der Waals surface area contributed by atoms with Crippen LogP contribution in [0.25, 0.3) is 11.0 Å². The Hall–Kier alpha value is -2.14. The van der Waals surface area contributed by atoms with Crippen molar-refractivity contribution in [1.82, 2.24) is 4.90 Å². The Morgan fingerprint density at radius 1 is 1.27 bits per heavy atom. The Bertz CT molecular complexity index is 921. The molecule has 1 aromatic carbocycles. The van der Waals surface area contributed by atoms with Gasteiger partial charge in [-0.3, -0.25) is 9.69 Å². The zero-order valence-electron chi connectivity index (χ0n) is 15.6. The predicted molar refractivity (Wildman–Crippen MR) is 99.0 cm³/mol. The number of rotatable bonds is 3. The third kappa shape index (κ3) is 2.94. The Labute approximate surface area is 152 Å². The molecule has 2 aliphatic rings. The van der Waals surface area contributed by atoms with Gasteiger partial charge in [-0.05, 0) is 74.4 Å². The lowest BCUT2D eigenvalue weighted by Crippen LogP contribution is -2.35. The number of fused-ring (bicyclic) bond motifs is 1. The molecule has 1 spiro atoms. The van der Waals surface area contributed by atoms with E-state index < -0.39 is 0 Å². The van der Waals surface area contributed by atoms with Crippen LogP contribution in [0, 0.1) is 25.2 Å². The van der Waals surface area contributed by atoms with Crippen LogP contribution in [0.4, 0.5) is 0 Å². The largest absolute Gasteiger partial charge is 0.469 e. The molecule has 1 unspecified atom stereocenters. The summed E-state index contributed by atoms with van der Waals surface area (Å²) in [6, 6.07) is 5.76. The number of carbonyl (C=O) groups is 1. The lowest BCUT2D eigenvalue weighted by Gasteiger charge is -2.32. The Morgan fingerprint density at radius 2 is 2.00 bits per heavy atom. The summed E-state index contributed by atoms with van der Waals surface area (Å²) in [5.74, 6) is 0.0283. The zero-order valence-corrected chi connectivity index (χ0v) is 15.6. The molecule has 2 aromatic rings. The Kier molecular flexibility index (Phi) is 4.14. The number of piperidine rings is 1. The van der Waals surface area contributed by atoms with Crippen LogP contribution in [-0.2, 0) is 16.1 Å². The van der Waals surface area contributed by atoms with Gasteiger partial charge in [-0.25, -0.2) is 4.79 Å². The van der Waals surface area contributed by atoms with Gasteiger partial charge >= 0.3 is 11.6 Å². The van der Waals surface area contributed by atoms with Crippen LogP contribution in [0.15, 0.2) is 27.4 Å². The molecule has 2 heterocycles. The van der Waals surface area contributed by atoms with Gasteiger partial charge in [-0.15, -0.1) is 0 Å². The van der Waals surface area contributed by atoms with Crippen LogP contribution in [-0.4, -0.2) is 31.1 Å². The van der Waals surface area contributed by atoms with Crippen LogP contribution in [0.1, 0.15) is 36.0 Å². The SMILES string of the molecule is COC(=O)C1CC12CCN(Cc1cc(=O)oc3c(C)cc(C)cc13)CC2. The highest BCUT2D eigenvalue weighted by atomic mass is 16.5. The first-order valence-corrected chi connectivity index (χ1v) is 9.26. The van der Waals surface area contributed by atoms with Gasteiger partial charge in [-0.2, -0.15) is 0 Å². The molecule has 0 N–H and O–H groups in total. The molecule has 5 nitrogen and oxygen atoms in total. The van der Waals surface area contributed by atoms with E-state index in [0.29, 0.717) is 5.58 Å². The topological polar surface area (TPSA) is 59.8 Å². The number of nitrogens with zero attached hydrogens (tertiary/aromatic N) is 1. The standard InChI is InChI=1S/C21H25NO4/c1-13-8-14(2)19-16(9-13)15(10-18(23)26-19)12-22-6-4-21(5-7-22)11-17(21)20(24)25-3/h8-10,17H,4-7,11-12H2,1-3H3. The molecule has 4 rings (SSSR count). The number of ether oxygens (including phenoxy) is 1. The Balaban J connectivity index is 1.53. The molecule has 0 amide bonds. The molecular formula is C21H25NO4. The highest BCUT2D eigenvalue weighted by Gasteiger charge is 2.59. The second-order valence-electron chi connectivity index (χ2n) is 7.97. The van der Waals surface area contributed by atoms with E-state index in [-0.39, 0.29) is 22.9 Å². The molecule has 0 radical (unpaired) electrons. The van der Waals surface area contributed by atoms with Crippen molar-refractivity contribution in [1.29, 1.82) is 0 Å². The molecule has 2 fully saturated rings. The third-order valence-corrected chi connectivity index (χ3v) is 6.18. The number of methoxy groups -OCH3 is 1. The minimum atomic E-state index is -0.291. The first-order chi connectivity index (χ1) is 12.4. The number of hydrogen-bond donors (Lipinski definition) is 0. The summed E-state index contributed by atoms with van der Waals surface area (Å²) in [7, 11) is 1.47. The molecule has 26 heavy (non-hydrogen) atoms. The first kappa shape index (κ1) is 17.3. The maximum Gasteiger partial charge on any atom is 0.336 e. The van der Waals surface area contributed by atoms with Crippen LogP contribution in [0.2, 0.25) is 0 Å². The number of benzene rings is 1. The van der Waals surface area contributed by atoms with Crippen molar-refractivity contribution in [3.05, 3.63) is 45.3 Å². The summed E-state index contributed by atoms with van der Waals surface area (Å²) in [5.41, 5.74) is 3.76. The average Bonchev–Trinajstić information content (AvgIpc) is 3.31. The van der Waals surface area contributed by atoms with Crippen molar-refractivity contribution in [3.63, 3.8) is 0 Å². The summed E-state index contributed by atoms with van der Waals surface area (Å²) in [5, 5.41) is 1.03. The van der Waals surface area contributed by atoms with Crippen molar-refractivity contribution < 1.29 is 13.9 Å². The van der Waals surface area contributed by atoms with Gasteiger partial charge in [0.25, 0.3) is 0 Å². The van der Waals surface area contributed by atoms with Gasteiger partial charge in [0.15, 0.2) is 0 Å². The van der Waals surface area contributed by atoms with Gasteiger partial charge in [0.1, 0.15) is 5.58 Å². The summed E-state index contributed by atoms with van der Waals surface area (Å²) in [6.45, 7) is 6.67. The van der Waals surface area contributed by atoms with E-state index in [1.807, 2.05) is 13.0 Å². The molecule has 0 bridgehead atoms. The lowest BCUT2D eigenvalue weighted by molar-refractivity contribution is -0.143. The van der Waals surface area contributed by atoms with Crippen molar-refractivity contribution in [3.8, 4) is 0 Å². The summed E-state index contributed by atoms with van der Waals surface area (Å²) < 4.78 is 10.4. The molecule has 1 saturated carbocycles. The number of likely N-dealkylation sites (tertiary alicyclic amines) is 1. The van der Waals surface area contributed by atoms with Crippen LogP contribution < -0.4 is 5.63 Å². The maximum atomic E-state index is 12.0. The molecule has 1 aliphatic carbocycles. The summed E-state index contributed by atoms with van der Waals surface area (Å²) in [6.07, 6.45) is 3.00. The van der Waals surface area contributed by atoms with E-state index in [1.54, 1.807) is 6.07 Å². The minimum absolute atomic E-state index is 0.0592. The quantitative estimate of drug-likeness (QED) is 0.625. The van der Waals surface area contributed by atoms with Gasteiger partial charge in [0.2, 0.25) is 0 Å². The van der Waals surface area contributed by atoms with E-state index in [1.165, 1.54) is 12.7 Å². The first-order valence-electron chi connectivity index (χ1n) is 9.26. The van der Waals surface area contributed by atoms with Gasteiger partial charge in [-0.1, -0.05) is 6.07 Å². The molecule has 5 heteroatoms. The van der Waals surface area contributed by atoms with E-state index >= 15 is 0 Å². The van der Waals surface area contributed by atoms with Crippen LogP contribution in [0.3, 0.4) is 0 Å². The molecule has 1 saturated heterocycles. The second kappa shape index (κ2) is 6.23. The number of carbonyl (C=O) groups excluding carboxylic acids is 1. The maximum absolute atomic E-state index is 12.0. The van der Waals surface area contributed by atoms with Crippen molar-refractivity contribution in [2.45, 2.75) is 39.7 Å².